The van der Waals surface area contributed by atoms with E-state index in [-0.39, 0.29) is 24.2 Å². The first-order chi connectivity index (χ1) is 14.4. The van der Waals surface area contributed by atoms with Crippen molar-refractivity contribution in [2.75, 3.05) is 10.6 Å². The normalized spacial score (nSPS) is 16.0. The predicted octanol–water partition coefficient (Wildman–Crippen LogP) is 3.20. The monoisotopic (exact) mass is 422 g/mol. The molecule has 1 aliphatic rings. The van der Waals surface area contributed by atoms with Gasteiger partial charge in [-0.05, 0) is 37.6 Å². The summed E-state index contributed by atoms with van der Waals surface area (Å²) in [6, 6.07) is 11.9. The molecular weight excluding hydrogens is 404 g/mol. The third-order valence-electron chi connectivity index (χ3n) is 4.69. The molecule has 2 aromatic carbocycles. The van der Waals surface area contributed by atoms with Gasteiger partial charge in [-0.2, -0.15) is 0 Å². The van der Waals surface area contributed by atoms with E-state index >= 15 is 0 Å². The molecule has 9 heteroatoms. The molecule has 0 aliphatic carbocycles. The second-order valence-corrected chi connectivity index (χ2v) is 7.38. The number of hydrogen-bond acceptors (Lipinski definition) is 6. The number of guanidine groups is 1. The average Bonchev–Trinajstić information content (AvgIpc) is 2.70. The molecule has 30 heavy (non-hydrogen) atoms. The third-order valence-corrected chi connectivity index (χ3v) is 5.09. The molecule has 0 radical (unpaired) electrons. The first-order valence-corrected chi connectivity index (χ1v) is 9.72. The van der Waals surface area contributed by atoms with Gasteiger partial charge in [0.2, 0.25) is 23.7 Å². The smallest absolute Gasteiger partial charge is 0.249 e. The van der Waals surface area contributed by atoms with E-state index in [2.05, 4.69) is 30.9 Å². The van der Waals surface area contributed by atoms with Gasteiger partial charge in [0.15, 0.2) is 0 Å². The van der Waals surface area contributed by atoms with Gasteiger partial charge in [-0.3, -0.25) is 20.2 Å². The standard InChI is InChI=1S/C21H19ClN6O2/c1-11-7-8-13(9-15(11)22)24-19(30)17-10-18(29)27-21(26-17)28-20-23-12(2)14-5-3-4-6-16(14)25-20/h3-9,17H,10H2,1-2H3,(H,24,30)(H2,23,25,26,27,28,29). The largest absolute Gasteiger partial charge is 0.324 e. The highest BCUT2D eigenvalue weighted by molar-refractivity contribution is 6.31. The Hall–Kier alpha value is -3.52. The Kier molecular flexibility index (Phi) is 5.33. The second-order valence-electron chi connectivity index (χ2n) is 6.97. The van der Waals surface area contributed by atoms with Gasteiger partial charge in [0.05, 0.1) is 17.6 Å². The van der Waals surface area contributed by atoms with Crippen LogP contribution in [-0.4, -0.2) is 33.8 Å². The van der Waals surface area contributed by atoms with Crippen molar-refractivity contribution in [3.8, 4) is 0 Å². The number of aryl methyl sites for hydroxylation is 2. The molecule has 3 N–H and O–H groups in total. The minimum absolute atomic E-state index is 0.0613. The van der Waals surface area contributed by atoms with Gasteiger partial charge in [-0.25, -0.2) is 15.0 Å². The number of rotatable bonds is 3. The van der Waals surface area contributed by atoms with E-state index in [1.165, 1.54) is 0 Å². The first kappa shape index (κ1) is 19.8. The van der Waals surface area contributed by atoms with Crippen LogP contribution in [0.5, 0.6) is 0 Å². The summed E-state index contributed by atoms with van der Waals surface area (Å²) in [5.41, 5.74) is 3.00. The second kappa shape index (κ2) is 8.08. The Labute approximate surface area is 177 Å². The highest BCUT2D eigenvalue weighted by Crippen LogP contribution is 2.21. The summed E-state index contributed by atoms with van der Waals surface area (Å²) in [5, 5.41) is 9.75. The Balaban J connectivity index is 1.54. The topological polar surface area (TPSA) is 108 Å². The van der Waals surface area contributed by atoms with Crippen LogP contribution in [0.4, 0.5) is 11.6 Å². The lowest BCUT2D eigenvalue weighted by Gasteiger charge is -2.21. The molecular formula is C21H19ClN6O2. The highest BCUT2D eigenvalue weighted by atomic mass is 35.5. The summed E-state index contributed by atoms with van der Waals surface area (Å²) >= 11 is 6.11. The minimum atomic E-state index is -0.886. The van der Waals surface area contributed by atoms with Crippen LogP contribution in [-0.2, 0) is 9.59 Å². The predicted molar refractivity (Wildman–Crippen MR) is 117 cm³/mol. The number of benzene rings is 2. The number of fused-ring (bicyclic) bond motifs is 1. The lowest BCUT2D eigenvalue weighted by atomic mass is 10.1. The summed E-state index contributed by atoms with van der Waals surface area (Å²) in [4.78, 5) is 37.9. The van der Waals surface area contributed by atoms with Crippen molar-refractivity contribution in [1.29, 1.82) is 0 Å². The van der Waals surface area contributed by atoms with E-state index < -0.39 is 11.9 Å². The number of anilines is 2. The number of carbonyl (C=O) groups excluding carboxylic acids is 2. The lowest BCUT2D eigenvalue weighted by molar-refractivity contribution is -0.124. The molecule has 3 aromatic rings. The molecule has 4 rings (SSSR count). The fourth-order valence-electron chi connectivity index (χ4n) is 3.10. The van der Waals surface area contributed by atoms with Gasteiger partial charge in [0, 0.05) is 16.1 Å². The van der Waals surface area contributed by atoms with Gasteiger partial charge in [0.1, 0.15) is 6.04 Å². The van der Waals surface area contributed by atoms with Crippen molar-refractivity contribution in [1.82, 2.24) is 15.3 Å². The summed E-state index contributed by atoms with van der Waals surface area (Å²) in [5.74, 6) is -0.313. The molecule has 1 aromatic heterocycles. The van der Waals surface area contributed by atoms with Crippen molar-refractivity contribution in [2.45, 2.75) is 26.3 Å². The van der Waals surface area contributed by atoms with Crippen molar-refractivity contribution >= 4 is 51.9 Å². The maximum Gasteiger partial charge on any atom is 0.249 e. The Morgan fingerprint density at radius 2 is 1.97 bits per heavy atom. The van der Waals surface area contributed by atoms with E-state index in [9.17, 15) is 9.59 Å². The molecule has 0 bridgehead atoms. The minimum Gasteiger partial charge on any atom is -0.324 e. The van der Waals surface area contributed by atoms with Crippen LogP contribution in [0.3, 0.4) is 0 Å². The van der Waals surface area contributed by atoms with Gasteiger partial charge in [-0.1, -0.05) is 35.9 Å². The van der Waals surface area contributed by atoms with E-state index in [0.717, 1.165) is 22.2 Å². The van der Waals surface area contributed by atoms with E-state index in [0.29, 0.717) is 10.7 Å². The van der Waals surface area contributed by atoms with E-state index in [1.807, 2.05) is 38.1 Å². The summed E-state index contributed by atoms with van der Waals surface area (Å²) in [6.07, 6.45) is -0.0613. The van der Waals surface area contributed by atoms with Crippen molar-refractivity contribution in [3.63, 3.8) is 0 Å². The fourth-order valence-corrected chi connectivity index (χ4v) is 3.28. The quantitative estimate of drug-likeness (QED) is 0.600. The zero-order valence-electron chi connectivity index (χ0n) is 16.4. The van der Waals surface area contributed by atoms with Crippen LogP contribution in [0.1, 0.15) is 17.7 Å². The van der Waals surface area contributed by atoms with Crippen LogP contribution in [0.15, 0.2) is 47.5 Å². The summed E-state index contributed by atoms with van der Waals surface area (Å²) in [6.45, 7) is 3.75. The maximum atomic E-state index is 12.6. The molecule has 0 spiro atoms. The lowest BCUT2D eigenvalue weighted by Crippen LogP contribution is -2.46. The van der Waals surface area contributed by atoms with Crippen LogP contribution in [0.25, 0.3) is 10.9 Å². The first-order valence-electron chi connectivity index (χ1n) is 9.34. The molecule has 152 valence electrons. The van der Waals surface area contributed by atoms with E-state index in [1.54, 1.807) is 18.2 Å². The molecule has 2 heterocycles. The van der Waals surface area contributed by atoms with Crippen LogP contribution >= 0.6 is 11.6 Å². The highest BCUT2D eigenvalue weighted by Gasteiger charge is 2.27. The molecule has 2 amide bonds. The molecule has 8 nitrogen and oxygen atoms in total. The molecule has 1 aliphatic heterocycles. The fraction of sp³-hybridized carbons (Fsp3) is 0.190. The zero-order valence-corrected chi connectivity index (χ0v) is 17.1. The van der Waals surface area contributed by atoms with Crippen LogP contribution in [0.2, 0.25) is 5.02 Å². The average molecular weight is 423 g/mol. The number of halogens is 1. The molecule has 1 atom stereocenters. The number of aliphatic imine (C=N–C) groups is 1. The Bertz CT molecular complexity index is 1190. The van der Waals surface area contributed by atoms with Gasteiger partial charge in [-0.15, -0.1) is 0 Å². The molecule has 0 saturated carbocycles. The SMILES string of the molecule is Cc1ccc(NC(=O)C2CC(=O)NC(Nc3nc(C)c4ccccc4n3)=N2)cc1Cl. The van der Waals surface area contributed by atoms with E-state index in [4.69, 9.17) is 11.6 Å². The number of nitrogens with zero attached hydrogens (tertiary/aromatic N) is 3. The van der Waals surface area contributed by atoms with Crippen molar-refractivity contribution < 1.29 is 9.59 Å². The summed E-state index contributed by atoms with van der Waals surface area (Å²) in [7, 11) is 0. The number of nitrogens with one attached hydrogen (secondary N) is 3. The third kappa shape index (κ3) is 4.23. The zero-order chi connectivity index (χ0) is 21.3. The summed E-state index contributed by atoms with van der Waals surface area (Å²) < 4.78 is 0. The number of amides is 2. The van der Waals surface area contributed by atoms with Crippen molar-refractivity contribution in [2.24, 2.45) is 4.99 Å². The Morgan fingerprint density at radius 3 is 2.77 bits per heavy atom. The van der Waals surface area contributed by atoms with Gasteiger partial charge >= 0.3 is 0 Å². The number of para-hydroxylation sites is 1. The van der Waals surface area contributed by atoms with Crippen LogP contribution in [0, 0.1) is 13.8 Å². The van der Waals surface area contributed by atoms with Crippen molar-refractivity contribution in [3.05, 3.63) is 58.7 Å². The molecule has 0 saturated heterocycles. The number of aromatic nitrogens is 2. The van der Waals surface area contributed by atoms with Crippen LogP contribution < -0.4 is 16.0 Å². The van der Waals surface area contributed by atoms with Gasteiger partial charge < -0.3 is 5.32 Å². The number of carbonyl (C=O) groups is 2. The molecule has 0 fully saturated rings. The molecule has 1 unspecified atom stereocenters. The van der Waals surface area contributed by atoms with Gasteiger partial charge in [0.25, 0.3) is 0 Å². The Morgan fingerprint density at radius 1 is 1.17 bits per heavy atom. The maximum absolute atomic E-state index is 12.6. The number of hydrogen-bond donors (Lipinski definition) is 3.